The number of aromatic nitrogens is 1. The highest BCUT2D eigenvalue weighted by Crippen LogP contribution is 2.16. The SMILES string of the molecule is CCOc1ccc(CCC(=O)N2CCN(c3ccc(C(=O)O)cn3)CC2)cc1. The molecule has 0 radical (unpaired) electrons. The molecule has 2 heterocycles. The number of hydrogen-bond donors (Lipinski definition) is 1. The van der Waals surface area contributed by atoms with Crippen molar-refractivity contribution in [3.8, 4) is 5.75 Å². The van der Waals surface area contributed by atoms with Crippen molar-refractivity contribution in [3.63, 3.8) is 0 Å². The molecule has 0 saturated carbocycles. The molecule has 28 heavy (non-hydrogen) atoms. The Bertz CT molecular complexity index is 797. The Kier molecular flexibility index (Phi) is 6.47. The molecule has 0 atom stereocenters. The van der Waals surface area contributed by atoms with Crippen molar-refractivity contribution >= 4 is 17.7 Å². The van der Waals surface area contributed by atoms with Crippen LogP contribution in [0.3, 0.4) is 0 Å². The summed E-state index contributed by atoms with van der Waals surface area (Å²) in [7, 11) is 0. The summed E-state index contributed by atoms with van der Waals surface area (Å²) in [5.41, 5.74) is 1.30. The smallest absolute Gasteiger partial charge is 0.337 e. The first kappa shape index (κ1) is 19.7. The van der Waals surface area contributed by atoms with Gasteiger partial charge in [0.1, 0.15) is 11.6 Å². The zero-order chi connectivity index (χ0) is 19.9. The highest BCUT2D eigenvalue weighted by atomic mass is 16.5. The van der Waals surface area contributed by atoms with Gasteiger partial charge in [-0.3, -0.25) is 4.79 Å². The maximum Gasteiger partial charge on any atom is 0.337 e. The molecule has 148 valence electrons. The number of nitrogens with zero attached hydrogens (tertiary/aromatic N) is 3. The molecule has 1 saturated heterocycles. The van der Waals surface area contributed by atoms with Gasteiger partial charge in [0.25, 0.3) is 0 Å². The number of piperazine rings is 1. The molecular weight excluding hydrogens is 358 g/mol. The van der Waals surface area contributed by atoms with Crippen molar-refractivity contribution in [3.05, 3.63) is 53.7 Å². The van der Waals surface area contributed by atoms with E-state index in [2.05, 4.69) is 9.88 Å². The minimum atomic E-state index is -0.984. The summed E-state index contributed by atoms with van der Waals surface area (Å²) in [5, 5.41) is 8.95. The molecule has 1 aromatic carbocycles. The van der Waals surface area contributed by atoms with E-state index in [1.807, 2.05) is 36.1 Å². The number of carboxylic acids is 1. The van der Waals surface area contributed by atoms with Gasteiger partial charge in [0.15, 0.2) is 0 Å². The second-order valence-corrected chi connectivity index (χ2v) is 6.66. The maximum absolute atomic E-state index is 12.5. The van der Waals surface area contributed by atoms with E-state index in [1.54, 1.807) is 12.1 Å². The molecule has 0 bridgehead atoms. The van der Waals surface area contributed by atoms with E-state index in [9.17, 15) is 9.59 Å². The third-order valence-corrected chi connectivity index (χ3v) is 4.81. The van der Waals surface area contributed by atoms with Crippen LogP contribution in [0.5, 0.6) is 5.75 Å². The van der Waals surface area contributed by atoms with E-state index in [0.717, 1.165) is 17.1 Å². The lowest BCUT2D eigenvalue weighted by Gasteiger charge is -2.35. The normalized spacial score (nSPS) is 14.0. The molecule has 1 aliphatic heterocycles. The van der Waals surface area contributed by atoms with Crippen molar-refractivity contribution in [2.45, 2.75) is 19.8 Å². The molecule has 1 aromatic heterocycles. The predicted molar refractivity (Wildman–Crippen MR) is 106 cm³/mol. The van der Waals surface area contributed by atoms with Crippen molar-refractivity contribution in [1.29, 1.82) is 0 Å². The van der Waals surface area contributed by atoms with Gasteiger partial charge in [-0.1, -0.05) is 12.1 Å². The fourth-order valence-electron chi connectivity index (χ4n) is 3.21. The summed E-state index contributed by atoms with van der Waals surface area (Å²) in [6.45, 7) is 5.26. The number of ether oxygens (including phenoxy) is 1. The average molecular weight is 383 g/mol. The first-order chi connectivity index (χ1) is 13.6. The van der Waals surface area contributed by atoms with Gasteiger partial charge in [-0.2, -0.15) is 0 Å². The third-order valence-electron chi connectivity index (χ3n) is 4.81. The number of carboxylic acid groups (broad SMARTS) is 1. The number of carbonyl (C=O) groups is 2. The van der Waals surface area contributed by atoms with Crippen LogP contribution in [0, 0.1) is 0 Å². The number of carbonyl (C=O) groups excluding carboxylic acids is 1. The summed E-state index contributed by atoms with van der Waals surface area (Å²) in [6, 6.07) is 11.1. The highest BCUT2D eigenvalue weighted by Gasteiger charge is 2.21. The van der Waals surface area contributed by atoms with Crippen molar-refractivity contribution < 1.29 is 19.4 Å². The van der Waals surface area contributed by atoms with Crippen LogP contribution in [-0.2, 0) is 11.2 Å². The molecule has 1 amide bonds. The summed E-state index contributed by atoms with van der Waals surface area (Å²) < 4.78 is 5.43. The second-order valence-electron chi connectivity index (χ2n) is 6.66. The lowest BCUT2D eigenvalue weighted by molar-refractivity contribution is -0.131. The molecule has 1 fully saturated rings. The molecule has 1 aliphatic rings. The molecule has 7 nitrogen and oxygen atoms in total. The summed E-state index contributed by atoms with van der Waals surface area (Å²) in [6.07, 6.45) is 2.56. The Morgan fingerprint density at radius 2 is 1.79 bits per heavy atom. The van der Waals surface area contributed by atoms with Crippen LogP contribution >= 0.6 is 0 Å². The predicted octanol–water partition coefficient (Wildman–Crippen LogP) is 2.46. The van der Waals surface area contributed by atoms with Gasteiger partial charge in [0.05, 0.1) is 12.2 Å². The topological polar surface area (TPSA) is 83.0 Å². The number of benzene rings is 1. The highest BCUT2D eigenvalue weighted by molar-refractivity contribution is 5.87. The number of rotatable bonds is 7. The molecule has 1 N–H and O–H groups in total. The summed E-state index contributed by atoms with van der Waals surface area (Å²) in [5.74, 6) is 0.759. The zero-order valence-corrected chi connectivity index (χ0v) is 16.0. The van der Waals surface area contributed by atoms with Crippen LogP contribution < -0.4 is 9.64 Å². The quantitative estimate of drug-likeness (QED) is 0.791. The molecule has 3 rings (SSSR count). The van der Waals surface area contributed by atoms with Crippen LogP contribution in [0.1, 0.15) is 29.3 Å². The van der Waals surface area contributed by atoms with Gasteiger partial charge in [0.2, 0.25) is 5.91 Å². The van der Waals surface area contributed by atoms with Crippen LogP contribution in [-0.4, -0.2) is 59.7 Å². The number of pyridine rings is 1. The number of hydrogen-bond acceptors (Lipinski definition) is 5. The summed E-state index contributed by atoms with van der Waals surface area (Å²) in [4.78, 5) is 31.6. The Hall–Kier alpha value is -3.09. The molecule has 0 unspecified atom stereocenters. The Labute approximate surface area is 164 Å². The van der Waals surface area contributed by atoms with Crippen LogP contribution in [0.15, 0.2) is 42.6 Å². The van der Waals surface area contributed by atoms with Gasteiger partial charge >= 0.3 is 5.97 Å². The lowest BCUT2D eigenvalue weighted by Crippen LogP contribution is -2.49. The Morgan fingerprint density at radius 1 is 1.07 bits per heavy atom. The Balaban J connectivity index is 1.46. The number of aryl methyl sites for hydroxylation is 1. The fourth-order valence-corrected chi connectivity index (χ4v) is 3.21. The zero-order valence-electron chi connectivity index (χ0n) is 16.0. The van der Waals surface area contributed by atoms with Crippen molar-refractivity contribution in [2.75, 3.05) is 37.7 Å². The average Bonchev–Trinajstić information content (AvgIpc) is 2.73. The monoisotopic (exact) mass is 383 g/mol. The minimum Gasteiger partial charge on any atom is -0.494 e. The van der Waals surface area contributed by atoms with E-state index in [1.165, 1.54) is 6.20 Å². The van der Waals surface area contributed by atoms with E-state index < -0.39 is 5.97 Å². The van der Waals surface area contributed by atoms with Crippen molar-refractivity contribution in [1.82, 2.24) is 9.88 Å². The fraction of sp³-hybridized carbons (Fsp3) is 0.381. The van der Waals surface area contributed by atoms with Crippen LogP contribution in [0.25, 0.3) is 0 Å². The Morgan fingerprint density at radius 3 is 2.36 bits per heavy atom. The van der Waals surface area contributed by atoms with E-state index in [0.29, 0.717) is 45.6 Å². The van der Waals surface area contributed by atoms with Gasteiger partial charge < -0.3 is 19.6 Å². The first-order valence-electron chi connectivity index (χ1n) is 9.50. The van der Waals surface area contributed by atoms with E-state index in [-0.39, 0.29) is 11.5 Å². The molecule has 0 aliphatic carbocycles. The van der Waals surface area contributed by atoms with Crippen LogP contribution in [0.2, 0.25) is 0 Å². The molecular formula is C21H25N3O4. The molecule has 0 spiro atoms. The van der Waals surface area contributed by atoms with Gasteiger partial charge in [0, 0.05) is 38.8 Å². The second kappa shape index (κ2) is 9.21. The first-order valence-corrected chi connectivity index (χ1v) is 9.50. The van der Waals surface area contributed by atoms with Gasteiger partial charge in [-0.25, -0.2) is 9.78 Å². The van der Waals surface area contributed by atoms with Crippen molar-refractivity contribution in [2.24, 2.45) is 0 Å². The number of amides is 1. The van der Waals surface area contributed by atoms with Crippen LogP contribution in [0.4, 0.5) is 5.82 Å². The van der Waals surface area contributed by atoms with E-state index >= 15 is 0 Å². The number of aromatic carboxylic acids is 1. The third kappa shape index (κ3) is 5.00. The molecule has 2 aromatic rings. The number of anilines is 1. The lowest BCUT2D eigenvalue weighted by atomic mass is 10.1. The van der Waals surface area contributed by atoms with Gasteiger partial charge in [-0.05, 0) is 43.2 Å². The summed E-state index contributed by atoms with van der Waals surface area (Å²) >= 11 is 0. The van der Waals surface area contributed by atoms with Gasteiger partial charge in [-0.15, -0.1) is 0 Å². The standard InChI is InChI=1S/C21H25N3O4/c1-2-28-18-7-3-16(4-8-18)5-10-20(25)24-13-11-23(12-14-24)19-9-6-17(15-22-19)21(26)27/h3-4,6-9,15H,2,5,10-14H2,1H3,(H,26,27). The largest absolute Gasteiger partial charge is 0.494 e. The minimum absolute atomic E-state index is 0.155. The molecule has 7 heteroatoms. The van der Waals surface area contributed by atoms with E-state index in [4.69, 9.17) is 9.84 Å². The maximum atomic E-state index is 12.5.